The SMILES string of the molecule is CCOC(=O)CCCNS(=O)(=O)c1ccc(C#N)cc1Cl. The molecule has 114 valence electrons. The summed E-state index contributed by atoms with van der Waals surface area (Å²) in [6.45, 7) is 2.09. The first kappa shape index (κ1) is 17.4. The minimum absolute atomic E-state index is 0.0213. The number of carbonyl (C=O) groups excluding carboxylic acids is 1. The van der Waals surface area contributed by atoms with Crippen molar-refractivity contribution in [2.24, 2.45) is 0 Å². The predicted octanol–water partition coefficient (Wildman–Crippen LogP) is 1.83. The third-order valence-electron chi connectivity index (χ3n) is 2.51. The highest BCUT2D eigenvalue weighted by Gasteiger charge is 2.17. The number of benzene rings is 1. The number of esters is 1. The molecule has 0 fully saturated rings. The molecular formula is C13H15ClN2O4S. The van der Waals surface area contributed by atoms with Gasteiger partial charge in [0.25, 0.3) is 0 Å². The van der Waals surface area contributed by atoms with Gasteiger partial charge in [-0.2, -0.15) is 5.26 Å². The lowest BCUT2D eigenvalue weighted by Gasteiger charge is -2.08. The first-order valence-electron chi connectivity index (χ1n) is 6.25. The normalized spacial score (nSPS) is 10.9. The summed E-state index contributed by atoms with van der Waals surface area (Å²) in [5.41, 5.74) is 0.279. The quantitative estimate of drug-likeness (QED) is 0.607. The molecule has 1 aromatic rings. The second kappa shape index (κ2) is 7.98. The van der Waals surface area contributed by atoms with Crippen molar-refractivity contribution in [1.82, 2.24) is 4.72 Å². The fraction of sp³-hybridized carbons (Fsp3) is 0.385. The number of nitrogens with zero attached hydrogens (tertiary/aromatic N) is 1. The summed E-state index contributed by atoms with van der Waals surface area (Å²) < 4.78 is 31.1. The molecule has 0 aliphatic carbocycles. The first-order chi connectivity index (χ1) is 9.90. The standard InChI is InChI=1S/C13H15ClN2O4S/c1-2-20-13(17)4-3-7-16-21(18,19)12-6-5-10(9-15)8-11(12)14/h5-6,8,16H,2-4,7H2,1H3. The molecule has 8 heteroatoms. The smallest absolute Gasteiger partial charge is 0.305 e. The van der Waals surface area contributed by atoms with Crippen molar-refractivity contribution >= 4 is 27.6 Å². The summed E-state index contributed by atoms with van der Waals surface area (Å²) in [5, 5.41) is 8.69. The van der Waals surface area contributed by atoms with Crippen molar-refractivity contribution in [2.75, 3.05) is 13.2 Å². The van der Waals surface area contributed by atoms with Crippen LogP contribution in [0.5, 0.6) is 0 Å². The van der Waals surface area contributed by atoms with Gasteiger partial charge in [0.1, 0.15) is 4.90 Å². The van der Waals surface area contributed by atoms with Crippen LogP contribution in [-0.4, -0.2) is 27.5 Å². The zero-order valence-corrected chi connectivity index (χ0v) is 13.0. The lowest BCUT2D eigenvalue weighted by molar-refractivity contribution is -0.143. The van der Waals surface area contributed by atoms with Crippen LogP contribution in [0.2, 0.25) is 5.02 Å². The highest BCUT2D eigenvalue weighted by atomic mass is 35.5. The molecule has 0 aromatic heterocycles. The van der Waals surface area contributed by atoms with Crippen molar-refractivity contribution in [3.8, 4) is 6.07 Å². The number of ether oxygens (including phenoxy) is 1. The Morgan fingerprint density at radius 1 is 1.48 bits per heavy atom. The second-order valence-corrected chi connectivity index (χ2v) is 6.21. The second-order valence-electron chi connectivity index (χ2n) is 4.06. The Morgan fingerprint density at radius 3 is 2.76 bits per heavy atom. The van der Waals surface area contributed by atoms with Crippen LogP contribution in [0.25, 0.3) is 0 Å². The predicted molar refractivity (Wildman–Crippen MR) is 77.2 cm³/mol. The molecule has 1 N–H and O–H groups in total. The van der Waals surface area contributed by atoms with E-state index in [-0.39, 0.29) is 34.4 Å². The van der Waals surface area contributed by atoms with Crippen LogP contribution in [0.15, 0.2) is 23.1 Å². The van der Waals surface area contributed by atoms with Crippen LogP contribution in [0, 0.1) is 11.3 Å². The molecule has 0 radical (unpaired) electrons. The zero-order valence-electron chi connectivity index (χ0n) is 11.4. The average Bonchev–Trinajstić information content (AvgIpc) is 2.43. The van der Waals surface area contributed by atoms with Crippen molar-refractivity contribution in [3.63, 3.8) is 0 Å². The minimum atomic E-state index is -3.77. The number of sulfonamides is 1. The van der Waals surface area contributed by atoms with Gasteiger partial charge in [0, 0.05) is 13.0 Å². The minimum Gasteiger partial charge on any atom is -0.466 e. The van der Waals surface area contributed by atoms with E-state index in [0.717, 1.165) is 0 Å². The maximum atomic E-state index is 12.0. The number of nitriles is 1. The Kier molecular flexibility index (Phi) is 6.62. The molecule has 0 aliphatic heterocycles. The van der Waals surface area contributed by atoms with E-state index >= 15 is 0 Å². The Hall–Kier alpha value is -1.62. The fourth-order valence-electron chi connectivity index (χ4n) is 1.54. The molecule has 6 nitrogen and oxygen atoms in total. The zero-order chi connectivity index (χ0) is 15.9. The molecule has 0 unspecified atom stereocenters. The molecular weight excluding hydrogens is 316 g/mol. The Morgan fingerprint density at radius 2 is 2.19 bits per heavy atom. The number of hydrogen-bond acceptors (Lipinski definition) is 5. The van der Waals surface area contributed by atoms with Crippen molar-refractivity contribution < 1.29 is 17.9 Å². The van der Waals surface area contributed by atoms with Crippen molar-refractivity contribution in [2.45, 2.75) is 24.7 Å². The van der Waals surface area contributed by atoms with Crippen molar-refractivity contribution in [1.29, 1.82) is 5.26 Å². The molecule has 0 spiro atoms. The number of carbonyl (C=O) groups is 1. The maximum absolute atomic E-state index is 12.0. The molecule has 0 atom stereocenters. The van der Waals surface area contributed by atoms with E-state index in [1.54, 1.807) is 6.92 Å². The van der Waals surface area contributed by atoms with E-state index in [1.165, 1.54) is 18.2 Å². The summed E-state index contributed by atoms with van der Waals surface area (Å²) >= 11 is 5.85. The largest absolute Gasteiger partial charge is 0.466 e. The van der Waals surface area contributed by atoms with Gasteiger partial charge in [0.05, 0.1) is 23.3 Å². The van der Waals surface area contributed by atoms with Gasteiger partial charge in [-0.15, -0.1) is 0 Å². The van der Waals surface area contributed by atoms with Crippen LogP contribution in [-0.2, 0) is 19.6 Å². The molecule has 21 heavy (non-hydrogen) atoms. The molecule has 0 bridgehead atoms. The Labute approximate surface area is 128 Å². The van der Waals surface area contributed by atoms with E-state index in [4.69, 9.17) is 21.6 Å². The van der Waals surface area contributed by atoms with Gasteiger partial charge >= 0.3 is 5.97 Å². The monoisotopic (exact) mass is 330 g/mol. The maximum Gasteiger partial charge on any atom is 0.305 e. The Balaban J connectivity index is 2.62. The molecule has 1 aromatic carbocycles. The van der Waals surface area contributed by atoms with Crippen LogP contribution < -0.4 is 4.72 Å². The molecule has 0 heterocycles. The van der Waals surface area contributed by atoms with Gasteiger partial charge in [-0.05, 0) is 31.5 Å². The molecule has 0 saturated carbocycles. The van der Waals surface area contributed by atoms with Gasteiger partial charge in [0.2, 0.25) is 10.0 Å². The van der Waals surface area contributed by atoms with Gasteiger partial charge in [0.15, 0.2) is 0 Å². The van der Waals surface area contributed by atoms with Gasteiger partial charge in [-0.25, -0.2) is 13.1 Å². The number of nitrogens with one attached hydrogen (secondary N) is 1. The first-order valence-corrected chi connectivity index (χ1v) is 8.11. The van der Waals surface area contributed by atoms with E-state index in [0.29, 0.717) is 13.0 Å². The molecule has 1 rings (SSSR count). The van der Waals surface area contributed by atoms with Crippen LogP contribution in [0.4, 0.5) is 0 Å². The summed E-state index contributed by atoms with van der Waals surface area (Å²) in [7, 11) is -3.77. The Bertz CT molecular complexity index is 653. The highest BCUT2D eigenvalue weighted by Crippen LogP contribution is 2.22. The number of rotatable bonds is 7. The lowest BCUT2D eigenvalue weighted by atomic mass is 10.2. The van der Waals surface area contributed by atoms with E-state index < -0.39 is 10.0 Å². The van der Waals surface area contributed by atoms with Gasteiger partial charge in [-0.1, -0.05) is 11.6 Å². The van der Waals surface area contributed by atoms with E-state index in [9.17, 15) is 13.2 Å². The number of hydrogen-bond donors (Lipinski definition) is 1. The highest BCUT2D eigenvalue weighted by molar-refractivity contribution is 7.89. The summed E-state index contributed by atoms with van der Waals surface area (Å²) in [4.78, 5) is 11.0. The fourth-order valence-corrected chi connectivity index (χ4v) is 3.16. The van der Waals surface area contributed by atoms with Crippen molar-refractivity contribution in [3.05, 3.63) is 28.8 Å². The third kappa shape index (κ3) is 5.34. The van der Waals surface area contributed by atoms with E-state index in [1.807, 2.05) is 6.07 Å². The third-order valence-corrected chi connectivity index (χ3v) is 4.45. The number of halogens is 1. The van der Waals surface area contributed by atoms with E-state index in [2.05, 4.69) is 4.72 Å². The van der Waals surface area contributed by atoms with Crippen LogP contribution >= 0.6 is 11.6 Å². The van der Waals surface area contributed by atoms with Gasteiger partial charge in [-0.3, -0.25) is 4.79 Å². The summed E-state index contributed by atoms with van der Waals surface area (Å²) in [5.74, 6) is -0.367. The lowest BCUT2D eigenvalue weighted by Crippen LogP contribution is -2.25. The van der Waals surface area contributed by atoms with Crippen LogP contribution in [0.3, 0.4) is 0 Å². The topological polar surface area (TPSA) is 96.3 Å². The van der Waals surface area contributed by atoms with Crippen LogP contribution in [0.1, 0.15) is 25.3 Å². The average molecular weight is 331 g/mol. The molecule has 0 amide bonds. The summed E-state index contributed by atoms with van der Waals surface area (Å²) in [6.07, 6.45) is 0.462. The molecule has 0 saturated heterocycles. The van der Waals surface area contributed by atoms with Gasteiger partial charge < -0.3 is 4.74 Å². The molecule has 0 aliphatic rings. The summed E-state index contributed by atoms with van der Waals surface area (Å²) in [6, 6.07) is 5.81.